The van der Waals surface area contributed by atoms with E-state index in [0.717, 1.165) is 19.3 Å². The van der Waals surface area contributed by atoms with Gasteiger partial charge < -0.3 is 10.6 Å². The Morgan fingerprint density at radius 2 is 2.25 bits per heavy atom. The fourth-order valence-corrected chi connectivity index (χ4v) is 2.85. The Hall–Kier alpha value is -1.63. The van der Waals surface area contributed by atoms with Crippen molar-refractivity contribution in [2.24, 2.45) is 18.7 Å². The third-order valence-electron chi connectivity index (χ3n) is 3.97. The first kappa shape index (κ1) is 14.8. The summed E-state index contributed by atoms with van der Waals surface area (Å²) in [7, 11) is 3.65. The van der Waals surface area contributed by atoms with Gasteiger partial charge in [0.2, 0.25) is 5.82 Å². The molecule has 1 aromatic rings. The molecule has 0 bridgehead atoms. The van der Waals surface area contributed by atoms with Crippen molar-refractivity contribution in [3.05, 3.63) is 15.8 Å². The van der Waals surface area contributed by atoms with Gasteiger partial charge in [0, 0.05) is 26.7 Å². The number of anilines is 1. The zero-order valence-corrected chi connectivity index (χ0v) is 12.4. The fourth-order valence-electron chi connectivity index (χ4n) is 2.85. The molecule has 1 unspecified atom stereocenters. The average molecular weight is 281 g/mol. The van der Waals surface area contributed by atoms with E-state index in [1.165, 1.54) is 0 Å². The lowest BCUT2D eigenvalue weighted by molar-refractivity contribution is -0.384. The molecule has 1 aromatic heterocycles. The van der Waals surface area contributed by atoms with Crippen LogP contribution in [0.5, 0.6) is 0 Å². The Kier molecular flexibility index (Phi) is 4.27. The molecule has 1 aliphatic carbocycles. The molecule has 0 amide bonds. The second-order valence-electron chi connectivity index (χ2n) is 5.50. The molecule has 7 heteroatoms. The summed E-state index contributed by atoms with van der Waals surface area (Å²) in [5, 5.41) is 15.8. The molecule has 1 aliphatic rings. The van der Waals surface area contributed by atoms with Gasteiger partial charge in [0.25, 0.3) is 0 Å². The minimum absolute atomic E-state index is 0.135. The predicted molar refractivity (Wildman–Crippen MR) is 77.8 cm³/mol. The molecule has 1 fully saturated rings. The summed E-state index contributed by atoms with van der Waals surface area (Å²) in [5.41, 5.74) is 6.55. The topological polar surface area (TPSA) is 90.2 Å². The summed E-state index contributed by atoms with van der Waals surface area (Å²) in [6.45, 7) is 2.50. The highest BCUT2D eigenvalue weighted by Crippen LogP contribution is 2.39. The molecule has 20 heavy (non-hydrogen) atoms. The fraction of sp³-hybridized carbons (Fsp3) is 0.769. The summed E-state index contributed by atoms with van der Waals surface area (Å²) in [5.74, 6) is 1.12. The van der Waals surface area contributed by atoms with Crippen molar-refractivity contribution in [2.45, 2.75) is 38.6 Å². The van der Waals surface area contributed by atoms with E-state index in [-0.39, 0.29) is 16.7 Å². The van der Waals surface area contributed by atoms with Crippen LogP contribution < -0.4 is 10.6 Å². The van der Waals surface area contributed by atoms with Gasteiger partial charge in [0.05, 0.1) is 4.92 Å². The van der Waals surface area contributed by atoms with Crippen LogP contribution in [0.1, 0.15) is 31.9 Å². The van der Waals surface area contributed by atoms with Gasteiger partial charge in [-0.2, -0.15) is 5.10 Å². The Morgan fingerprint density at radius 1 is 1.60 bits per heavy atom. The van der Waals surface area contributed by atoms with Crippen molar-refractivity contribution in [3.8, 4) is 0 Å². The number of nitrogens with two attached hydrogens (primary N) is 1. The summed E-state index contributed by atoms with van der Waals surface area (Å²) >= 11 is 0. The predicted octanol–water partition coefficient (Wildman–Crippen LogP) is 1.45. The number of aromatic nitrogens is 2. The van der Waals surface area contributed by atoms with Gasteiger partial charge in [-0.05, 0) is 25.2 Å². The van der Waals surface area contributed by atoms with Gasteiger partial charge in [-0.3, -0.25) is 10.1 Å². The van der Waals surface area contributed by atoms with Crippen molar-refractivity contribution in [3.63, 3.8) is 0 Å². The zero-order chi connectivity index (χ0) is 14.9. The number of aryl methyl sites for hydroxylation is 2. The van der Waals surface area contributed by atoms with Crippen LogP contribution in [-0.2, 0) is 13.5 Å². The number of nitro groups is 1. The summed E-state index contributed by atoms with van der Waals surface area (Å²) in [6, 6.07) is 0.151. The largest absolute Gasteiger partial charge is 0.350 e. The van der Waals surface area contributed by atoms with E-state index in [1.54, 1.807) is 11.7 Å². The Bertz CT molecular complexity index is 495. The number of hydrogen-bond acceptors (Lipinski definition) is 5. The smallest absolute Gasteiger partial charge is 0.334 e. The molecular formula is C13H23N5O2. The molecule has 2 rings (SSSR count). The molecule has 7 nitrogen and oxygen atoms in total. The van der Waals surface area contributed by atoms with E-state index >= 15 is 0 Å². The quantitative estimate of drug-likeness (QED) is 0.603. The van der Waals surface area contributed by atoms with Crippen LogP contribution in [0.2, 0.25) is 0 Å². The third-order valence-corrected chi connectivity index (χ3v) is 3.97. The summed E-state index contributed by atoms with van der Waals surface area (Å²) < 4.78 is 1.62. The van der Waals surface area contributed by atoms with E-state index in [2.05, 4.69) is 5.10 Å². The molecule has 1 heterocycles. The minimum Gasteiger partial charge on any atom is -0.350 e. The molecule has 1 atom stereocenters. The number of nitrogens with zero attached hydrogens (tertiary/aromatic N) is 4. The first-order chi connectivity index (χ1) is 9.51. The van der Waals surface area contributed by atoms with Crippen LogP contribution in [0.25, 0.3) is 0 Å². The molecule has 112 valence electrons. The first-order valence-electron chi connectivity index (χ1n) is 7.14. The number of rotatable bonds is 7. The highest BCUT2D eigenvalue weighted by atomic mass is 16.6. The molecule has 0 aromatic carbocycles. The molecule has 0 saturated heterocycles. The molecule has 0 aliphatic heterocycles. The monoisotopic (exact) mass is 281 g/mol. The van der Waals surface area contributed by atoms with Crippen LogP contribution in [-0.4, -0.2) is 34.3 Å². The number of hydrogen-bond donors (Lipinski definition) is 1. The van der Waals surface area contributed by atoms with Crippen molar-refractivity contribution in [1.29, 1.82) is 0 Å². The van der Waals surface area contributed by atoms with Crippen molar-refractivity contribution in [2.75, 3.05) is 18.5 Å². The van der Waals surface area contributed by atoms with E-state index in [4.69, 9.17) is 5.73 Å². The van der Waals surface area contributed by atoms with Crippen molar-refractivity contribution in [1.82, 2.24) is 9.78 Å². The molecule has 0 spiro atoms. The molecular weight excluding hydrogens is 258 g/mol. The maximum Gasteiger partial charge on any atom is 0.334 e. The zero-order valence-electron chi connectivity index (χ0n) is 12.4. The molecule has 0 radical (unpaired) electrons. The highest BCUT2D eigenvalue weighted by Gasteiger charge is 2.37. The van der Waals surface area contributed by atoms with Gasteiger partial charge in [-0.15, -0.1) is 0 Å². The first-order valence-corrected chi connectivity index (χ1v) is 7.14. The van der Waals surface area contributed by atoms with Gasteiger partial charge >= 0.3 is 5.69 Å². The second-order valence-corrected chi connectivity index (χ2v) is 5.50. The second kappa shape index (κ2) is 5.78. The lowest BCUT2D eigenvalue weighted by Gasteiger charge is -2.28. The maximum absolute atomic E-state index is 11.4. The Balaban J connectivity index is 2.40. The van der Waals surface area contributed by atoms with E-state index in [9.17, 15) is 10.1 Å². The Labute approximate surface area is 118 Å². The molecule has 2 N–H and O–H groups in total. The van der Waals surface area contributed by atoms with Gasteiger partial charge in [0.15, 0.2) is 0 Å². The van der Waals surface area contributed by atoms with E-state index in [0.29, 0.717) is 30.4 Å². The van der Waals surface area contributed by atoms with Gasteiger partial charge in [0.1, 0.15) is 5.69 Å². The van der Waals surface area contributed by atoms with Crippen LogP contribution in [0, 0.1) is 16.0 Å². The maximum atomic E-state index is 11.4. The van der Waals surface area contributed by atoms with Crippen LogP contribution in [0.15, 0.2) is 0 Å². The van der Waals surface area contributed by atoms with E-state index in [1.807, 2.05) is 18.9 Å². The van der Waals surface area contributed by atoms with Crippen molar-refractivity contribution < 1.29 is 4.92 Å². The average Bonchev–Trinajstić information content (AvgIpc) is 3.14. The Morgan fingerprint density at radius 3 is 2.70 bits per heavy atom. The standard InChI is InChI=1S/C13H23N5O2/c1-4-5-10-12(18(19)20)13(17(3)15-10)16(2)11(8-14)9-6-7-9/h9,11H,4-8,14H2,1-3H3. The minimum atomic E-state index is -0.315. The lowest BCUT2D eigenvalue weighted by atomic mass is 10.1. The van der Waals surface area contributed by atoms with Crippen LogP contribution >= 0.6 is 0 Å². The van der Waals surface area contributed by atoms with Crippen LogP contribution in [0.4, 0.5) is 11.5 Å². The van der Waals surface area contributed by atoms with Gasteiger partial charge in [-0.25, -0.2) is 4.68 Å². The number of likely N-dealkylation sites (N-methyl/N-ethyl adjacent to an activating group) is 1. The van der Waals surface area contributed by atoms with Crippen LogP contribution in [0.3, 0.4) is 0 Å². The highest BCUT2D eigenvalue weighted by molar-refractivity contribution is 5.62. The molecule has 1 saturated carbocycles. The third kappa shape index (κ3) is 2.63. The summed E-state index contributed by atoms with van der Waals surface area (Å²) in [6.07, 6.45) is 3.76. The summed E-state index contributed by atoms with van der Waals surface area (Å²) in [4.78, 5) is 13.1. The van der Waals surface area contributed by atoms with E-state index < -0.39 is 0 Å². The van der Waals surface area contributed by atoms with Crippen molar-refractivity contribution >= 4 is 11.5 Å². The normalized spacial score (nSPS) is 16.2. The lowest BCUT2D eigenvalue weighted by Crippen LogP contribution is -2.40. The van der Waals surface area contributed by atoms with Gasteiger partial charge in [-0.1, -0.05) is 13.3 Å². The SMILES string of the molecule is CCCc1nn(C)c(N(C)C(CN)C2CC2)c1[N+](=O)[O-].